The fourth-order valence-corrected chi connectivity index (χ4v) is 6.88. The first-order valence-corrected chi connectivity index (χ1v) is 24.6. The number of piperazine rings is 2. The number of nitrogens with two attached hydrogens (primary N) is 1. The molecule has 364 valence electrons. The van der Waals surface area contributed by atoms with Crippen LogP contribution in [0.2, 0.25) is 0 Å². The normalized spacial score (nSPS) is 14.5. The molecule has 3 N–H and O–H groups in total. The highest BCUT2D eigenvalue weighted by Crippen LogP contribution is 2.16. The van der Waals surface area contributed by atoms with Crippen LogP contribution in [-0.4, -0.2) is 132 Å². The second kappa shape index (κ2) is 32.8. The zero-order chi connectivity index (χ0) is 48.2. The molecule has 2 aliphatic rings. The van der Waals surface area contributed by atoms with Gasteiger partial charge >= 0.3 is 0 Å². The van der Waals surface area contributed by atoms with Crippen LogP contribution >= 0.6 is 11.3 Å². The summed E-state index contributed by atoms with van der Waals surface area (Å²) in [6.45, 7) is 47.4. The smallest absolute Gasteiger partial charge is 0.219 e. The van der Waals surface area contributed by atoms with Crippen molar-refractivity contribution >= 4 is 11.3 Å². The van der Waals surface area contributed by atoms with Crippen LogP contribution in [0.5, 0.6) is 0 Å². The fourth-order valence-electron chi connectivity index (χ4n) is 6.06. The maximum absolute atomic E-state index is 5.50. The Kier molecular flexibility index (Phi) is 29.9. The van der Waals surface area contributed by atoms with Gasteiger partial charge in [0.25, 0.3) is 0 Å². The number of rotatable bonds is 9. The van der Waals surface area contributed by atoms with Crippen molar-refractivity contribution in [2.45, 2.75) is 160 Å². The molecule has 0 amide bonds. The van der Waals surface area contributed by atoms with Gasteiger partial charge in [-0.3, -0.25) is 28.7 Å². The lowest BCUT2D eigenvalue weighted by Crippen LogP contribution is -2.49. The molecule has 0 atom stereocenters. The van der Waals surface area contributed by atoms with E-state index in [-0.39, 0.29) is 0 Å². The molecular weight excluding hydrogens is 819 g/mol. The molecule has 2 aliphatic heterocycles. The van der Waals surface area contributed by atoms with Crippen LogP contribution in [0.3, 0.4) is 0 Å². The van der Waals surface area contributed by atoms with Gasteiger partial charge in [0, 0.05) is 133 Å². The minimum absolute atomic E-state index is 0.339. The van der Waals surface area contributed by atoms with Gasteiger partial charge in [-0.1, -0.05) is 27.7 Å². The number of aromatic nitrogens is 8. The van der Waals surface area contributed by atoms with Crippen LogP contribution in [0.25, 0.3) is 0 Å². The third-order valence-electron chi connectivity index (χ3n) is 10.3. The van der Waals surface area contributed by atoms with E-state index in [0.29, 0.717) is 47.8 Å². The van der Waals surface area contributed by atoms with E-state index in [0.717, 1.165) is 37.9 Å². The van der Waals surface area contributed by atoms with Gasteiger partial charge in [-0.25, -0.2) is 0 Å². The summed E-state index contributed by atoms with van der Waals surface area (Å²) in [4.78, 5) is 7.46. The zero-order valence-electron chi connectivity index (χ0n) is 43.2. The summed E-state index contributed by atoms with van der Waals surface area (Å²) in [5.41, 5.74) is 9.26. The Hall–Kier alpha value is -3.73. The minimum Gasteiger partial charge on any atom is -0.425 e. The molecule has 0 aromatic carbocycles. The molecule has 0 bridgehead atoms. The Balaban J connectivity index is 0.000000375. The largest absolute Gasteiger partial charge is 0.425 e. The molecule has 14 nitrogen and oxygen atoms in total. The molecule has 0 radical (unpaired) electrons. The summed E-state index contributed by atoms with van der Waals surface area (Å²) >= 11 is 1.77. The molecule has 2 saturated heterocycles. The number of thiophene rings is 1. The standard InChI is InChI=1S/C9H21N3.2C7H12N2.C7H16N2.C7H10S.C6H10N2O.C6H10N2/c1-9(2)12-7-5-11(4-3-10)6-8-12;1-6(2)9-5-7(3)4-8-9;1-6(2)9-5-4-7(3)8-9;1-7(2)9-5-3-8-4-6-9;1-6(2)7-3-4-8-5-7;1-4(2)6-8-7-5(3)9-6;1-6(2)8-5-3-4-7-8/h9H,3-8,10H2,1-2H3;2*4-6H,1-3H3;7-8H,3-6H2,1-2H3;3-6H,1-2H3;4H,1-3H3;3-6H,1-2H3. The summed E-state index contributed by atoms with van der Waals surface area (Å²) in [5.74, 6) is 2.39. The average Bonchev–Trinajstić information content (AvgIpc) is 4.12. The van der Waals surface area contributed by atoms with E-state index in [2.05, 4.69) is 145 Å². The summed E-state index contributed by atoms with van der Waals surface area (Å²) < 4.78 is 10.9. The highest BCUT2D eigenvalue weighted by molar-refractivity contribution is 7.08. The SMILES string of the molecule is CC(C)N1CCN(CCN)CC1.CC(C)N1CCNCC1.CC(C)c1ccsc1.CC(C)n1cccn1.Cc1ccn(C(C)C)n1.Cc1cnn(C(C)C)c1.Cc1nnc(C(C)C)o1. The van der Waals surface area contributed by atoms with Crippen LogP contribution in [0, 0.1) is 20.8 Å². The van der Waals surface area contributed by atoms with Crippen LogP contribution in [-0.2, 0) is 0 Å². The van der Waals surface area contributed by atoms with Crippen molar-refractivity contribution in [1.82, 2.24) is 59.6 Å². The zero-order valence-corrected chi connectivity index (χ0v) is 44.0. The van der Waals surface area contributed by atoms with Crippen LogP contribution in [0.4, 0.5) is 0 Å². The highest BCUT2D eigenvalue weighted by Gasteiger charge is 2.17. The predicted octanol–water partition coefficient (Wildman–Crippen LogP) is 9.65. The molecule has 2 fully saturated rings. The van der Waals surface area contributed by atoms with Gasteiger partial charge in [-0.2, -0.15) is 26.6 Å². The molecule has 7 heterocycles. The Morgan fingerprint density at radius 2 is 1.27 bits per heavy atom. The number of nitrogens with one attached hydrogen (secondary N) is 1. The van der Waals surface area contributed by atoms with Crippen molar-refractivity contribution in [3.8, 4) is 0 Å². The van der Waals surface area contributed by atoms with Crippen LogP contribution < -0.4 is 11.1 Å². The van der Waals surface area contributed by atoms with Gasteiger partial charge < -0.3 is 15.5 Å². The van der Waals surface area contributed by atoms with Gasteiger partial charge in [0.15, 0.2) is 0 Å². The number of nitrogens with zero attached hydrogens (tertiary/aromatic N) is 11. The topological polar surface area (TPSA) is 140 Å². The first-order valence-electron chi connectivity index (χ1n) is 23.7. The first-order chi connectivity index (χ1) is 30.2. The summed E-state index contributed by atoms with van der Waals surface area (Å²) in [7, 11) is 0. The Morgan fingerprint density at radius 1 is 0.672 bits per heavy atom. The van der Waals surface area contributed by atoms with E-state index >= 15 is 0 Å². The van der Waals surface area contributed by atoms with Gasteiger partial charge in [-0.15, -0.1) is 10.2 Å². The Labute approximate surface area is 393 Å². The van der Waals surface area contributed by atoms with Gasteiger partial charge in [-0.05, 0) is 129 Å². The van der Waals surface area contributed by atoms with Crippen molar-refractivity contribution in [2.24, 2.45) is 5.73 Å². The molecule has 0 aliphatic carbocycles. The molecule has 0 spiro atoms. The summed E-state index contributed by atoms with van der Waals surface area (Å²) in [5, 5.41) is 27.6. The monoisotopic (exact) mass is 910 g/mol. The number of hydrogen-bond acceptors (Lipinski definition) is 12. The highest BCUT2D eigenvalue weighted by atomic mass is 32.1. The van der Waals surface area contributed by atoms with E-state index in [1.165, 1.54) is 50.4 Å². The van der Waals surface area contributed by atoms with Crippen molar-refractivity contribution < 1.29 is 4.42 Å². The van der Waals surface area contributed by atoms with Crippen LogP contribution in [0.1, 0.15) is 155 Å². The molecular formula is C49H91N13OS. The van der Waals surface area contributed by atoms with E-state index in [1.54, 1.807) is 24.5 Å². The van der Waals surface area contributed by atoms with Gasteiger partial charge in [0.2, 0.25) is 11.8 Å². The average molecular weight is 910 g/mol. The predicted molar refractivity (Wildman–Crippen MR) is 271 cm³/mol. The van der Waals surface area contributed by atoms with E-state index < -0.39 is 0 Å². The molecule has 5 aromatic rings. The van der Waals surface area contributed by atoms with Crippen molar-refractivity contribution in [3.05, 3.63) is 88.5 Å². The first kappa shape index (κ1) is 58.3. The van der Waals surface area contributed by atoms with Crippen molar-refractivity contribution in [1.29, 1.82) is 0 Å². The lowest BCUT2D eigenvalue weighted by molar-refractivity contribution is 0.111. The third-order valence-corrected chi connectivity index (χ3v) is 11.0. The van der Waals surface area contributed by atoms with Crippen LogP contribution in [0.15, 0.2) is 64.4 Å². The molecule has 15 heteroatoms. The molecule has 5 aromatic heterocycles. The lowest BCUT2D eigenvalue weighted by Gasteiger charge is -2.36. The molecule has 7 rings (SSSR count). The van der Waals surface area contributed by atoms with Gasteiger partial charge in [0.1, 0.15) is 0 Å². The lowest BCUT2D eigenvalue weighted by atomic mass is 10.1. The molecule has 0 unspecified atom stereocenters. The summed E-state index contributed by atoms with van der Waals surface area (Å²) in [6.07, 6.45) is 9.68. The molecule has 0 saturated carbocycles. The van der Waals surface area contributed by atoms with E-state index in [1.807, 2.05) is 78.7 Å². The Morgan fingerprint density at radius 3 is 1.55 bits per heavy atom. The van der Waals surface area contributed by atoms with Crippen molar-refractivity contribution in [3.63, 3.8) is 0 Å². The second-order valence-corrected chi connectivity index (χ2v) is 19.1. The Bertz CT molecular complexity index is 1630. The maximum Gasteiger partial charge on any atom is 0.219 e. The third kappa shape index (κ3) is 25.7. The fraction of sp³-hybridized carbons (Fsp3) is 0.694. The number of aryl methyl sites for hydroxylation is 3. The van der Waals surface area contributed by atoms with Gasteiger partial charge in [0.05, 0.1) is 11.9 Å². The van der Waals surface area contributed by atoms with E-state index in [4.69, 9.17) is 10.2 Å². The molecule has 64 heavy (non-hydrogen) atoms. The van der Waals surface area contributed by atoms with Crippen molar-refractivity contribution in [2.75, 3.05) is 65.4 Å². The second-order valence-electron chi connectivity index (χ2n) is 18.4. The number of hydrogen-bond donors (Lipinski definition) is 2. The maximum atomic E-state index is 5.50. The van der Waals surface area contributed by atoms with E-state index in [9.17, 15) is 0 Å². The summed E-state index contributed by atoms with van der Waals surface area (Å²) in [6, 6.07) is 9.01. The quantitative estimate of drug-likeness (QED) is 0.146. The minimum atomic E-state index is 0.339.